The minimum atomic E-state index is 0.0273. The summed E-state index contributed by atoms with van der Waals surface area (Å²) in [5, 5.41) is 1.17. The summed E-state index contributed by atoms with van der Waals surface area (Å²) >= 11 is 12.2. The standard InChI is InChI=1S/C22H24Cl2N2/c1-5-10-26-21-9-6-16(11-18(21)15(2)13-22(26,3)4)14-25-20-8-7-17(23)12-19(20)24/h6-9,11-14H,5,10H2,1-4H3. The molecule has 26 heavy (non-hydrogen) atoms. The molecule has 0 bridgehead atoms. The number of hydrogen-bond donors (Lipinski definition) is 0. The van der Waals surface area contributed by atoms with Crippen LogP contribution in [0.3, 0.4) is 0 Å². The fourth-order valence-corrected chi connectivity index (χ4v) is 4.00. The minimum absolute atomic E-state index is 0.0273. The molecule has 3 rings (SSSR count). The first-order valence-corrected chi connectivity index (χ1v) is 9.68. The molecular weight excluding hydrogens is 363 g/mol. The van der Waals surface area contributed by atoms with Gasteiger partial charge >= 0.3 is 0 Å². The summed E-state index contributed by atoms with van der Waals surface area (Å²) in [7, 11) is 0. The van der Waals surface area contributed by atoms with Crippen molar-refractivity contribution in [3.05, 3.63) is 63.6 Å². The number of hydrogen-bond acceptors (Lipinski definition) is 2. The minimum Gasteiger partial charge on any atom is -0.362 e. The van der Waals surface area contributed by atoms with Gasteiger partial charge in [0.25, 0.3) is 0 Å². The van der Waals surface area contributed by atoms with Crippen molar-refractivity contribution in [1.82, 2.24) is 0 Å². The molecule has 0 N–H and O–H groups in total. The number of anilines is 1. The highest BCUT2D eigenvalue weighted by atomic mass is 35.5. The van der Waals surface area contributed by atoms with Gasteiger partial charge in [0.1, 0.15) is 0 Å². The Morgan fingerprint density at radius 1 is 1.12 bits per heavy atom. The van der Waals surface area contributed by atoms with Crippen LogP contribution in [0.1, 0.15) is 45.2 Å². The van der Waals surface area contributed by atoms with E-state index in [9.17, 15) is 0 Å². The van der Waals surface area contributed by atoms with Crippen molar-refractivity contribution in [2.45, 2.75) is 39.7 Å². The number of halogens is 2. The Labute approximate surface area is 166 Å². The highest BCUT2D eigenvalue weighted by Gasteiger charge is 2.30. The van der Waals surface area contributed by atoms with Crippen molar-refractivity contribution >= 4 is 46.4 Å². The van der Waals surface area contributed by atoms with Crippen molar-refractivity contribution < 1.29 is 0 Å². The average Bonchev–Trinajstić information content (AvgIpc) is 2.57. The van der Waals surface area contributed by atoms with E-state index in [2.05, 4.69) is 61.9 Å². The van der Waals surface area contributed by atoms with E-state index in [0.29, 0.717) is 10.0 Å². The lowest BCUT2D eigenvalue weighted by molar-refractivity contribution is 0.550. The van der Waals surface area contributed by atoms with Gasteiger partial charge in [-0.25, -0.2) is 0 Å². The van der Waals surface area contributed by atoms with E-state index in [1.807, 2.05) is 12.3 Å². The molecule has 1 aliphatic heterocycles. The van der Waals surface area contributed by atoms with Crippen LogP contribution in [0.4, 0.5) is 11.4 Å². The zero-order valence-electron chi connectivity index (χ0n) is 15.7. The normalized spacial score (nSPS) is 15.9. The fraction of sp³-hybridized carbons (Fsp3) is 0.318. The molecule has 0 aromatic heterocycles. The Balaban J connectivity index is 1.96. The van der Waals surface area contributed by atoms with Gasteiger partial charge in [0, 0.05) is 29.0 Å². The molecule has 0 unspecified atom stereocenters. The SMILES string of the molecule is CCCN1c2ccc(C=Nc3ccc(Cl)cc3Cl)cc2C(C)=CC1(C)C. The van der Waals surface area contributed by atoms with Crippen molar-refractivity contribution in [1.29, 1.82) is 0 Å². The molecule has 0 amide bonds. The van der Waals surface area contributed by atoms with Gasteiger partial charge in [-0.2, -0.15) is 0 Å². The van der Waals surface area contributed by atoms with Crippen molar-refractivity contribution in [3.63, 3.8) is 0 Å². The van der Waals surface area contributed by atoms with Gasteiger partial charge in [-0.15, -0.1) is 0 Å². The number of fused-ring (bicyclic) bond motifs is 1. The Morgan fingerprint density at radius 3 is 2.58 bits per heavy atom. The van der Waals surface area contributed by atoms with Crippen LogP contribution >= 0.6 is 23.2 Å². The topological polar surface area (TPSA) is 15.6 Å². The second-order valence-corrected chi connectivity index (χ2v) is 8.11. The van der Waals surface area contributed by atoms with Crippen LogP contribution in [0, 0.1) is 0 Å². The van der Waals surface area contributed by atoms with Crippen molar-refractivity contribution in [2.75, 3.05) is 11.4 Å². The summed E-state index contributed by atoms with van der Waals surface area (Å²) in [5.41, 5.74) is 5.66. The van der Waals surface area contributed by atoms with E-state index in [-0.39, 0.29) is 5.54 Å². The summed E-state index contributed by atoms with van der Waals surface area (Å²) in [6.45, 7) is 9.98. The lowest BCUT2D eigenvalue weighted by Crippen LogP contribution is -2.45. The molecule has 0 atom stereocenters. The molecular formula is C22H24Cl2N2. The van der Waals surface area contributed by atoms with Crippen LogP contribution in [0.25, 0.3) is 5.57 Å². The van der Waals surface area contributed by atoms with E-state index in [4.69, 9.17) is 23.2 Å². The first-order chi connectivity index (χ1) is 12.3. The highest BCUT2D eigenvalue weighted by Crippen LogP contribution is 2.39. The maximum Gasteiger partial charge on any atom is 0.0817 e. The third-order valence-corrected chi connectivity index (χ3v) is 5.25. The predicted octanol–water partition coefficient (Wildman–Crippen LogP) is 7.16. The maximum atomic E-state index is 6.21. The summed E-state index contributed by atoms with van der Waals surface area (Å²) in [5.74, 6) is 0. The van der Waals surface area contributed by atoms with Crippen LogP contribution in [-0.4, -0.2) is 18.3 Å². The Hall–Kier alpha value is -1.77. The Kier molecular flexibility index (Phi) is 5.45. The first-order valence-electron chi connectivity index (χ1n) is 8.92. The average molecular weight is 387 g/mol. The summed E-state index contributed by atoms with van der Waals surface area (Å²) in [4.78, 5) is 7.00. The Bertz CT molecular complexity index is 882. The summed E-state index contributed by atoms with van der Waals surface area (Å²) in [6, 6.07) is 11.9. The number of nitrogens with zero attached hydrogens (tertiary/aromatic N) is 2. The molecule has 0 saturated heterocycles. The number of benzene rings is 2. The highest BCUT2D eigenvalue weighted by molar-refractivity contribution is 6.36. The molecule has 1 heterocycles. The lowest BCUT2D eigenvalue weighted by atomic mass is 9.88. The second kappa shape index (κ2) is 7.46. The fourth-order valence-electron chi connectivity index (χ4n) is 3.54. The lowest BCUT2D eigenvalue weighted by Gasteiger charge is -2.43. The Morgan fingerprint density at radius 2 is 1.88 bits per heavy atom. The second-order valence-electron chi connectivity index (χ2n) is 7.26. The number of allylic oxidation sites excluding steroid dienone is 1. The smallest absolute Gasteiger partial charge is 0.0817 e. The van der Waals surface area contributed by atoms with Crippen LogP contribution in [0.2, 0.25) is 10.0 Å². The molecule has 4 heteroatoms. The van der Waals surface area contributed by atoms with Crippen molar-refractivity contribution in [3.8, 4) is 0 Å². The van der Waals surface area contributed by atoms with Gasteiger partial charge in [0.2, 0.25) is 0 Å². The summed E-state index contributed by atoms with van der Waals surface area (Å²) < 4.78 is 0. The third-order valence-electron chi connectivity index (χ3n) is 4.71. The van der Waals surface area contributed by atoms with Crippen LogP contribution in [-0.2, 0) is 0 Å². The third kappa shape index (κ3) is 3.82. The predicted molar refractivity (Wildman–Crippen MR) is 116 cm³/mol. The molecule has 2 aromatic carbocycles. The maximum absolute atomic E-state index is 6.21. The van der Waals surface area contributed by atoms with Crippen LogP contribution in [0.5, 0.6) is 0 Å². The van der Waals surface area contributed by atoms with E-state index in [0.717, 1.165) is 24.2 Å². The largest absolute Gasteiger partial charge is 0.362 e. The molecule has 0 aliphatic carbocycles. The van der Waals surface area contributed by atoms with Gasteiger partial charge in [-0.3, -0.25) is 4.99 Å². The number of aliphatic imine (C=N–C) groups is 1. The monoisotopic (exact) mass is 386 g/mol. The van der Waals surface area contributed by atoms with Crippen LogP contribution in [0.15, 0.2) is 47.5 Å². The van der Waals surface area contributed by atoms with E-state index >= 15 is 0 Å². The van der Waals surface area contributed by atoms with Gasteiger partial charge < -0.3 is 4.90 Å². The zero-order valence-corrected chi connectivity index (χ0v) is 17.2. The quantitative estimate of drug-likeness (QED) is 0.509. The number of rotatable bonds is 4. The van der Waals surface area contributed by atoms with E-state index in [1.54, 1.807) is 12.1 Å². The molecule has 0 saturated carbocycles. The molecule has 2 aromatic rings. The van der Waals surface area contributed by atoms with E-state index < -0.39 is 0 Å². The first kappa shape index (κ1) is 19.0. The molecule has 0 fully saturated rings. The van der Waals surface area contributed by atoms with Gasteiger partial charge in [-0.05, 0) is 68.7 Å². The summed E-state index contributed by atoms with van der Waals surface area (Å²) in [6.07, 6.45) is 5.32. The van der Waals surface area contributed by atoms with Crippen LogP contribution < -0.4 is 4.90 Å². The van der Waals surface area contributed by atoms with Gasteiger partial charge in [0.15, 0.2) is 0 Å². The van der Waals surface area contributed by atoms with Crippen molar-refractivity contribution in [2.24, 2.45) is 4.99 Å². The van der Waals surface area contributed by atoms with E-state index in [1.165, 1.54) is 16.8 Å². The molecule has 136 valence electrons. The zero-order chi connectivity index (χ0) is 18.9. The molecule has 2 nitrogen and oxygen atoms in total. The van der Waals surface area contributed by atoms with Gasteiger partial charge in [-0.1, -0.05) is 42.3 Å². The molecule has 0 radical (unpaired) electrons. The molecule has 0 spiro atoms. The molecule has 1 aliphatic rings. The van der Waals surface area contributed by atoms with Gasteiger partial charge in [0.05, 0.1) is 16.2 Å².